The van der Waals surface area contributed by atoms with E-state index in [0.717, 1.165) is 0 Å². The summed E-state index contributed by atoms with van der Waals surface area (Å²) in [4.78, 5) is 11.3. The maximum atomic E-state index is 13.6. The van der Waals surface area contributed by atoms with Gasteiger partial charge in [-0.1, -0.05) is 29.5 Å². The molecule has 0 saturated heterocycles. The molecule has 3 aromatic rings. The molecule has 23 heavy (non-hydrogen) atoms. The number of aldehydes is 1. The number of carbonyl (C=O) groups is 1. The van der Waals surface area contributed by atoms with Crippen molar-refractivity contribution in [1.82, 2.24) is 15.0 Å². The smallest absolute Gasteiger partial charge is 0.172 e. The number of ether oxygens (including phenoxy) is 1. The van der Waals surface area contributed by atoms with E-state index in [9.17, 15) is 9.18 Å². The van der Waals surface area contributed by atoms with Crippen molar-refractivity contribution in [2.24, 2.45) is 0 Å². The molecule has 0 spiro atoms. The number of halogens is 1. The maximum absolute atomic E-state index is 13.6. The molecule has 0 N–H and O–H groups in total. The minimum atomic E-state index is -0.398. The summed E-state index contributed by atoms with van der Waals surface area (Å²) in [5.41, 5.74) is 1.71. The van der Waals surface area contributed by atoms with Gasteiger partial charge in [0.15, 0.2) is 12.0 Å². The van der Waals surface area contributed by atoms with E-state index < -0.39 is 5.82 Å². The molecule has 0 atom stereocenters. The number of aromatic nitrogens is 3. The fourth-order valence-corrected chi connectivity index (χ4v) is 2.36. The molecule has 2 aromatic carbocycles. The SMILES string of the molecule is CCOc1ccccc1-n1nnc(C=O)c1-c1cccc(F)c1. The van der Waals surface area contributed by atoms with Crippen molar-refractivity contribution in [2.75, 3.05) is 6.61 Å². The van der Waals surface area contributed by atoms with Crippen molar-refractivity contribution >= 4 is 6.29 Å². The zero-order valence-electron chi connectivity index (χ0n) is 12.4. The number of benzene rings is 2. The van der Waals surface area contributed by atoms with Crippen LogP contribution in [0.3, 0.4) is 0 Å². The number of carbonyl (C=O) groups excluding carboxylic acids is 1. The Morgan fingerprint density at radius 3 is 2.78 bits per heavy atom. The van der Waals surface area contributed by atoms with E-state index in [1.54, 1.807) is 24.3 Å². The summed E-state index contributed by atoms with van der Waals surface area (Å²) in [5.74, 6) is 0.209. The van der Waals surface area contributed by atoms with Crippen LogP contribution < -0.4 is 4.74 Å². The first-order valence-corrected chi connectivity index (χ1v) is 7.13. The lowest BCUT2D eigenvalue weighted by Crippen LogP contribution is -2.04. The molecule has 0 amide bonds. The normalized spacial score (nSPS) is 10.5. The summed E-state index contributed by atoms with van der Waals surface area (Å²) >= 11 is 0. The van der Waals surface area contributed by atoms with Gasteiger partial charge in [-0.2, -0.15) is 0 Å². The topological polar surface area (TPSA) is 57.0 Å². The van der Waals surface area contributed by atoms with Gasteiger partial charge < -0.3 is 4.74 Å². The zero-order chi connectivity index (χ0) is 16.2. The van der Waals surface area contributed by atoms with Crippen LogP contribution in [0.5, 0.6) is 5.75 Å². The second kappa shape index (κ2) is 6.39. The lowest BCUT2D eigenvalue weighted by molar-refractivity contribution is 0.111. The predicted octanol–water partition coefficient (Wildman–Crippen LogP) is 3.28. The number of hydrogen-bond acceptors (Lipinski definition) is 4. The van der Waals surface area contributed by atoms with Gasteiger partial charge in [0.2, 0.25) is 0 Å². The number of hydrogen-bond donors (Lipinski definition) is 0. The quantitative estimate of drug-likeness (QED) is 0.679. The zero-order valence-corrected chi connectivity index (χ0v) is 12.4. The Kier molecular flexibility index (Phi) is 4.14. The lowest BCUT2D eigenvalue weighted by Gasteiger charge is -2.12. The Labute approximate surface area is 132 Å². The summed E-state index contributed by atoms with van der Waals surface area (Å²) in [6, 6.07) is 13.2. The van der Waals surface area contributed by atoms with Crippen molar-refractivity contribution in [3.8, 4) is 22.7 Å². The average molecular weight is 311 g/mol. The second-order valence-electron chi connectivity index (χ2n) is 4.76. The summed E-state index contributed by atoms with van der Waals surface area (Å²) < 4.78 is 20.7. The van der Waals surface area contributed by atoms with Gasteiger partial charge in [0, 0.05) is 5.56 Å². The van der Waals surface area contributed by atoms with Crippen molar-refractivity contribution in [3.63, 3.8) is 0 Å². The summed E-state index contributed by atoms with van der Waals surface area (Å²) in [6.45, 7) is 2.37. The average Bonchev–Trinajstić information content (AvgIpc) is 2.99. The number of nitrogens with zero attached hydrogens (tertiary/aromatic N) is 3. The van der Waals surface area contributed by atoms with Gasteiger partial charge in [0.05, 0.1) is 6.61 Å². The Morgan fingerprint density at radius 1 is 1.22 bits per heavy atom. The van der Waals surface area contributed by atoms with E-state index in [4.69, 9.17) is 4.74 Å². The van der Waals surface area contributed by atoms with Crippen LogP contribution in [0.4, 0.5) is 4.39 Å². The third-order valence-electron chi connectivity index (χ3n) is 3.30. The van der Waals surface area contributed by atoms with Crippen molar-refractivity contribution in [1.29, 1.82) is 0 Å². The molecule has 5 nitrogen and oxygen atoms in total. The minimum Gasteiger partial charge on any atom is -0.492 e. The highest BCUT2D eigenvalue weighted by atomic mass is 19.1. The first-order chi connectivity index (χ1) is 11.2. The molecule has 0 bridgehead atoms. The van der Waals surface area contributed by atoms with Gasteiger partial charge in [-0.25, -0.2) is 9.07 Å². The third-order valence-corrected chi connectivity index (χ3v) is 3.30. The van der Waals surface area contributed by atoms with Crippen LogP contribution in [0.2, 0.25) is 0 Å². The first kappa shape index (κ1) is 14.9. The van der Waals surface area contributed by atoms with Crippen molar-refractivity contribution in [2.45, 2.75) is 6.92 Å². The first-order valence-electron chi connectivity index (χ1n) is 7.13. The van der Waals surface area contributed by atoms with Gasteiger partial charge in [0.1, 0.15) is 22.9 Å². The Bertz CT molecular complexity index is 845. The van der Waals surface area contributed by atoms with E-state index in [1.165, 1.54) is 16.8 Å². The predicted molar refractivity (Wildman–Crippen MR) is 83.3 cm³/mol. The van der Waals surface area contributed by atoms with Crippen LogP contribution in [-0.2, 0) is 0 Å². The largest absolute Gasteiger partial charge is 0.492 e. The molecule has 1 heterocycles. The van der Waals surface area contributed by atoms with E-state index >= 15 is 0 Å². The summed E-state index contributed by atoms with van der Waals surface area (Å²) in [6.07, 6.45) is 0.604. The highest BCUT2D eigenvalue weighted by Gasteiger charge is 2.18. The molecule has 0 fully saturated rings. The third kappa shape index (κ3) is 2.83. The van der Waals surface area contributed by atoms with Crippen molar-refractivity contribution in [3.05, 3.63) is 60.0 Å². The summed E-state index contributed by atoms with van der Waals surface area (Å²) in [5, 5.41) is 7.92. The molecule has 0 saturated carbocycles. The Balaban J connectivity index is 2.22. The standard InChI is InChI=1S/C17H14FN3O2/c1-2-23-16-9-4-3-8-15(16)21-17(14(11-22)19-20-21)12-6-5-7-13(18)10-12/h3-11H,2H2,1H3. The molecular weight excluding hydrogens is 297 g/mol. The molecule has 0 aliphatic rings. The summed E-state index contributed by atoms with van der Waals surface area (Å²) in [7, 11) is 0. The van der Waals surface area contributed by atoms with Crippen LogP contribution in [0, 0.1) is 5.82 Å². The van der Waals surface area contributed by atoms with Crippen LogP contribution in [-0.4, -0.2) is 27.9 Å². The molecule has 6 heteroatoms. The fourth-order valence-electron chi connectivity index (χ4n) is 2.36. The van der Waals surface area contributed by atoms with Gasteiger partial charge in [-0.3, -0.25) is 4.79 Å². The van der Waals surface area contributed by atoms with Crippen LogP contribution in [0.1, 0.15) is 17.4 Å². The molecule has 0 aliphatic heterocycles. The number of para-hydroxylation sites is 2. The Hall–Kier alpha value is -3.02. The maximum Gasteiger partial charge on any atom is 0.172 e. The van der Waals surface area contributed by atoms with Crippen LogP contribution in [0.25, 0.3) is 16.9 Å². The van der Waals surface area contributed by atoms with E-state index in [0.29, 0.717) is 35.6 Å². The van der Waals surface area contributed by atoms with Crippen LogP contribution in [0.15, 0.2) is 48.5 Å². The number of rotatable bonds is 5. The van der Waals surface area contributed by atoms with Gasteiger partial charge >= 0.3 is 0 Å². The van der Waals surface area contributed by atoms with Gasteiger partial charge in [0.25, 0.3) is 0 Å². The molecule has 0 aliphatic carbocycles. The van der Waals surface area contributed by atoms with Gasteiger partial charge in [-0.05, 0) is 31.2 Å². The minimum absolute atomic E-state index is 0.141. The fraction of sp³-hybridized carbons (Fsp3) is 0.118. The van der Waals surface area contributed by atoms with Crippen molar-refractivity contribution < 1.29 is 13.9 Å². The highest BCUT2D eigenvalue weighted by Crippen LogP contribution is 2.29. The van der Waals surface area contributed by atoms with Gasteiger partial charge in [-0.15, -0.1) is 5.10 Å². The Morgan fingerprint density at radius 2 is 2.04 bits per heavy atom. The molecule has 116 valence electrons. The molecule has 1 aromatic heterocycles. The molecule has 0 radical (unpaired) electrons. The monoisotopic (exact) mass is 311 g/mol. The van der Waals surface area contributed by atoms with E-state index in [-0.39, 0.29) is 5.69 Å². The highest BCUT2D eigenvalue weighted by molar-refractivity contribution is 5.84. The lowest BCUT2D eigenvalue weighted by atomic mass is 10.1. The molecule has 3 rings (SSSR count). The van der Waals surface area contributed by atoms with Crippen LogP contribution >= 0.6 is 0 Å². The van der Waals surface area contributed by atoms with E-state index in [2.05, 4.69) is 10.3 Å². The van der Waals surface area contributed by atoms with E-state index in [1.807, 2.05) is 19.1 Å². The molecule has 0 unspecified atom stereocenters. The second-order valence-corrected chi connectivity index (χ2v) is 4.76. The molecular formula is C17H14FN3O2.